The average molecular weight is 392 g/mol. The van der Waals surface area contributed by atoms with Crippen molar-refractivity contribution in [1.29, 1.82) is 0 Å². The van der Waals surface area contributed by atoms with Gasteiger partial charge in [-0.1, -0.05) is 29.8 Å². The van der Waals surface area contributed by atoms with E-state index >= 15 is 0 Å². The predicted molar refractivity (Wildman–Crippen MR) is 98.3 cm³/mol. The minimum atomic E-state index is -0.408. The summed E-state index contributed by atoms with van der Waals surface area (Å²) in [6.45, 7) is 0.487. The number of benzene rings is 1. The monoisotopic (exact) mass is 391 g/mol. The van der Waals surface area contributed by atoms with E-state index in [0.29, 0.717) is 35.9 Å². The van der Waals surface area contributed by atoms with Crippen molar-refractivity contribution < 1.29 is 9.53 Å². The van der Waals surface area contributed by atoms with Crippen LogP contribution in [0.5, 0.6) is 0 Å². The number of aldehydes is 1. The Labute approximate surface area is 159 Å². The van der Waals surface area contributed by atoms with Crippen LogP contribution in [0.3, 0.4) is 0 Å². The minimum absolute atomic E-state index is 0.103. The molecule has 1 aromatic carbocycles. The van der Waals surface area contributed by atoms with E-state index in [4.69, 9.17) is 27.9 Å². The molecule has 3 heterocycles. The average Bonchev–Trinajstić information content (AvgIpc) is 3.27. The van der Waals surface area contributed by atoms with Crippen molar-refractivity contribution >= 4 is 46.3 Å². The molecule has 0 saturated carbocycles. The van der Waals surface area contributed by atoms with E-state index in [1.54, 1.807) is 10.9 Å². The van der Waals surface area contributed by atoms with Gasteiger partial charge in [0.15, 0.2) is 11.9 Å². The number of hydrogen-bond donors (Lipinski definition) is 1. The zero-order chi connectivity index (χ0) is 18.1. The van der Waals surface area contributed by atoms with Gasteiger partial charge in [0, 0.05) is 11.6 Å². The van der Waals surface area contributed by atoms with Crippen LogP contribution in [0.1, 0.15) is 24.6 Å². The molecule has 3 aromatic rings. The molecule has 1 aliphatic heterocycles. The minimum Gasteiger partial charge on any atom is -0.365 e. The first-order valence-electron chi connectivity index (χ1n) is 8.14. The lowest BCUT2D eigenvalue weighted by molar-refractivity contribution is -0.119. The number of nitrogens with zero attached hydrogens (tertiary/aromatic N) is 4. The Hall–Kier alpha value is -2.22. The summed E-state index contributed by atoms with van der Waals surface area (Å²) in [5.41, 5.74) is 1.50. The van der Waals surface area contributed by atoms with E-state index in [-0.39, 0.29) is 11.5 Å². The van der Waals surface area contributed by atoms with Gasteiger partial charge < -0.3 is 14.8 Å². The molecule has 1 N–H and O–H groups in total. The van der Waals surface area contributed by atoms with Crippen molar-refractivity contribution in [2.24, 2.45) is 0 Å². The molecule has 9 heteroatoms. The Balaban J connectivity index is 1.64. The molecule has 0 radical (unpaired) electrons. The molecule has 4 rings (SSSR count). The number of ether oxygens (including phenoxy) is 1. The van der Waals surface area contributed by atoms with Crippen LogP contribution in [-0.4, -0.2) is 32.1 Å². The van der Waals surface area contributed by atoms with Gasteiger partial charge in [-0.2, -0.15) is 15.1 Å². The number of carbonyl (C=O) groups excluding carboxylic acids is 1. The lowest BCUT2D eigenvalue weighted by Gasteiger charge is -2.12. The van der Waals surface area contributed by atoms with Crippen LogP contribution in [0, 0.1) is 0 Å². The number of rotatable bonds is 5. The van der Waals surface area contributed by atoms with Crippen LogP contribution < -0.4 is 5.32 Å². The van der Waals surface area contributed by atoms with Gasteiger partial charge in [-0.05, 0) is 36.1 Å². The predicted octanol–water partition coefficient (Wildman–Crippen LogP) is 3.62. The van der Waals surface area contributed by atoms with Crippen LogP contribution in [-0.2, 0) is 16.1 Å². The first-order chi connectivity index (χ1) is 12.7. The number of anilines is 1. The molecule has 0 aliphatic carbocycles. The highest BCUT2D eigenvalue weighted by Gasteiger charge is 2.28. The maximum Gasteiger partial charge on any atom is 0.226 e. The van der Waals surface area contributed by atoms with Gasteiger partial charge in [0.2, 0.25) is 5.28 Å². The molecule has 26 heavy (non-hydrogen) atoms. The zero-order valence-electron chi connectivity index (χ0n) is 13.6. The van der Waals surface area contributed by atoms with Crippen LogP contribution in [0.4, 0.5) is 5.82 Å². The van der Waals surface area contributed by atoms with Gasteiger partial charge in [-0.3, -0.25) is 0 Å². The molecule has 2 aromatic heterocycles. The second-order valence-electron chi connectivity index (χ2n) is 5.96. The third kappa shape index (κ3) is 3.25. The normalized spacial score (nSPS) is 19.8. The second kappa shape index (κ2) is 7.19. The Kier molecular flexibility index (Phi) is 4.76. The molecule has 0 spiro atoms. The van der Waals surface area contributed by atoms with Gasteiger partial charge in [0.05, 0.1) is 11.6 Å². The fourth-order valence-electron chi connectivity index (χ4n) is 2.99. The summed E-state index contributed by atoms with van der Waals surface area (Å²) in [4.78, 5) is 19.5. The number of nitrogens with one attached hydrogen (secondary N) is 1. The zero-order valence-corrected chi connectivity index (χ0v) is 15.1. The topological polar surface area (TPSA) is 81.9 Å². The van der Waals surface area contributed by atoms with Crippen LogP contribution in [0.2, 0.25) is 10.3 Å². The highest BCUT2D eigenvalue weighted by atomic mass is 35.5. The molecule has 7 nitrogen and oxygen atoms in total. The van der Waals surface area contributed by atoms with Gasteiger partial charge in [-0.15, -0.1) is 0 Å². The first kappa shape index (κ1) is 17.2. The van der Waals surface area contributed by atoms with Crippen molar-refractivity contribution in [2.75, 3.05) is 5.32 Å². The second-order valence-corrected chi connectivity index (χ2v) is 6.70. The van der Waals surface area contributed by atoms with E-state index in [2.05, 4.69) is 20.4 Å². The van der Waals surface area contributed by atoms with Crippen LogP contribution in [0.15, 0.2) is 30.5 Å². The van der Waals surface area contributed by atoms with Crippen LogP contribution in [0.25, 0.3) is 11.0 Å². The van der Waals surface area contributed by atoms with Crippen molar-refractivity contribution in [1.82, 2.24) is 19.7 Å². The summed E-state index contributed by atoms with van der Waals surface area (Å²) in [6, 6.07) is 7.57. The van der Waals surface area contributed by atoms with Gasteiger partial charge >= 0.3 is 0 Å². The van der Waals surface area contributed by atoms with Gasteiger partial charge in [0.1, 0.15) is 18.2 Å². The number of hydrogen-bond acceptors (Lipinski definition) is 6. The fourth-order valence-corrected chi connectivity index (χ4v) is 3.36. The highest BCUT2D eigenvalue weighted by molar-refractivity contribution is 6.31. The highest BCUT2D eigenvalue weighted by Crippen LogP contribution is 2.31. The van der Waals surface area contributed by atoms with E-state index in [9.17, 15) is 4.79 Å². The first-order valence-corrected chi connectivity index (χ1v) is 8.90. The van der Waals surface area contributed by atoms with Crippen molar-refractivity contribution in [3.05, 3.63) is 46.3 Å². The molecule has 2 unspecified atom stereocenters. The van der Waals surface area contributed by atoms with E-state index in [1.165, 1.54) is 0 Å². The number of aromatic nitrogens is 4. The molecule has 0 bridgehead atoms. The summed E-state index contributed by atoms with van der Waals surface area (Å²) in [5.74, 6) is 0.566. The molecule has 1 saturated heterocycles. The SMILES string of the molecule is O=CC1CCC(n2ncc3c(NCc4ccccc4Cl)nc(Cl)nc32)O1. The number of halogens is 2. The quantitative estimate of drug-likeness (QED) is 0.528. The summed E-state index contributed by atoms with van der Waals surface area (Å²) in [5, 5.41) is 9.11. The smallest absolute Gasteiger partial charge is 0.226 e. The molecule has 1 fully saturated rings. The van der Waals surface area contributed by atoms with E-state index < -0.39 is 6.10 Å². The standard InChI is InChI=1S/C17H15Cl2N5O2/c18-13-4-2-1-3-10(13)7-20-15-12-8-21-24(16(12)23-17(19)22-15)14-6-5-11(9-25)26-14/h1-4,8-9,11,14H,5-7H2,(H,20,22,23). The summed E-state index contributed by atoms with van der Waals surface area (Å²) in [7, 11) is 0. The lowest BCUT2D eigenvalue weighted by Crippen LogP contribution is -2.14. The lowest BCUT2D eigenvalue weighted by atomic mass is 10.2. The third-order valence-corrected chi connectivity index (χ3v) is 4.82. The Bertz CT molecular complexity index is 961. The molecular formula is C17H15Cl2N5O2. The summed E-state index contributed by atoms with van der Waals surface area (Å²) < 4.78 is 7.32. The maximum atomic E-state index is 10.9. The van der Waals surface area contributed by atoms with Gasteiger partial charge in [-0.25, -0.2) is 4.68 Å². The maximum absolute atomic E-state index is 10.9. The van der Waals surface area contributed by atoms with Crippen molar-refractivity contribution in [3.8, 4) is 0 Å². The number of carbonyl (C=O) groups is 1. The van der Waals surface area contributed by atoms with Gasteiger partial charge in [0.25, 0.3) is 0 Å². The third-order valence-electron chi connectivity index (χ3n) is 4.29. The Morgan fingerprint density at radius 3 is 2.88 bits per heavy atom. The largest absolute Gasteiger partial charge is 0.365 e. The molecular weight excluding hydrogens is 377 g/mol. The van der Waals surface area contributed by atoms with Crippen molar-refractivity contribution in [2.45, 2.75) is 31.7 Å². The molecule has 134 valence electrons. The molecule has 0 amide bonds. The van der Waals surface area contributed by atoms with E-state index in [0.717, 1.165) is 17.2 Å². The van der Waals surface area contributed by atoms with Crippen molar-refractivity contribution in [3.63, 3.8) is 0 Å². The molecule has 2 atom stereocenters. The molecule has 1 aliphatic rings. The Morgan fingerprint density at radius 2 is 2.12 bits per heavy atom. The summed E-state index contributed by atoms with van der Waals surface area (Å²) >= 11 is 12.3. The Morgan fingerprint density at radius 1 is 1.27 bits per heavy atom. The fraction of sp³-hybridized carbons (Fsp3) is 0.294. The summed E-state index contributed by atoms with van der Waals surface area (Å²) in [6.07, 6.45) is 3.07. The number of fused-ring (bicyclic) bond motifs is 1. The van der Waals surface area contributed by atoms with Crippen LogP contribution >= 0.6 is 23.2 Å². The van der Waals surface area contributed by atoms with E-state index in [1.807, 2.05) is 24.3 Å².